The molecule has 9 nitrogen and oxygen atoms in total. The van der Waals surface area contributed by atoms with Crippen LogP contribution >= 0.6 is 0 Å². The van der Waals surface area contributed by atoms with Crippen LogP contribution in [0.5, 0.6) is 5.75 Å². The topological polar surface area (TPSA) is 91.4 Å². The summed E-state index contributed by atoms with van der Waals surface area (Å²) in [6.07, 6.45) is -0.309. The minimum atomic E-state index is -0.438. The maximum absolute atomic E-state index is 13.5. The number of nitrogens with one attached hydrogen (secondary N) is 1. The minimum Gasteiger partial charge on any atom is -0.491 e. The van der Waals surface area contributed by atoms with Crippen molar-refractivity contribution < 1.29 is 28.2 Å². The van der Waals surface area contributed by atoms with E-state index in [1.165, 1.54) is 24.3 Å². The Labute approximate surface area is 223 Å². The summed E-state index contributed by atoms with van der Waals surface area (Å²) in [5, 5.41) is 2.76. The zero-order chi connectivity index (χ0) is 28.0. The molecule has 206 valence electrons. The zero-order valence-electron chi connectivity index (χ0n) is 22.9. The van der Waals surface area contributed by atoms with Crippen LogP contribution < -0.4 is 10.1 Å². The van der Waals surface area contributed by atoms with E-state index >= 15 is 0 Å². The van der Waals surface area contributed by atoms with Gasteiger partial charge in [-0.25, -0.2) is 4.39 Å². The summed E-state index contributed by atoms with van der Waals surface area (Å²) in [5.74, 6) is -0.891. The van der Waals surface area contributed by atoms with Gasteiger partial charge >= 0.3 is 0 Å². The summed E-state index contributed by atoms with van der Waals surface area (Å²) >= 11 is 0. The van der Waals surface area contributed by atoms with Crippen molar-refractivity contribution in [2.75, 3.05) is 59.8 Å². The Kier molecular flexibility index (Phi) is 9.82. The lowest BCUT2D eigenvalue weighted by Crippen LogP contribution is -2.50. The molecule has 10 heteroatoms. The molecule has 0 aromatic heterocycles. The highest BCUT2D eigenvalue weighted by Gasteiger charge is 2.30. The van der Waals surface area contributed by atoms with Crippen molar-refractivity contribution in [1.82, 2.24) is 14.7 Å². The van der Waals surface area contributed by atoms with Gasteiger partial charge in [0.05, 0.1) is 24.3 Å². The molecule has 38 heavy (non-hydrogen) atoms. The van der Waals surface area contributed by atoms with Crippen LogP contribution in [0.4, 0.5) is 10.1 Å². The number of carbonyl (C=O) groups is 3. The molecule has 0 saturated heterocycles. The molecule has 1 aliphatic heterocycles. The molecule has 3 rings (SSSR count). The summed E-state index contributed by atoms with van der Waals surface area (Å²) in [4.78, 5) is 44.4. The number of likely N-dealkylation sites (N-methyl/N-ethyl adjacent to an activating group) is 2. The number of hydrogen-bond acceptors (Lipinski definition) is 6. The average molecular weight is 529 g/mol. The molecular formula is C28H37FN4O5. The second kappa shape index (κ2) is 12.8. The second-order valence-corrected chi connectivity index (χ2v) is 10.1. The van der Waals surface area contributed by atoms with Crippen molar-refractivity contribution in [2.24, 2.45) is 5.92 Å². The van der Waals surface area contributed by atoms with Crippen LogP contribution in [0, 0.1) is 11.7 Å². The summed E-state index contributed by atoms with van der Waals surface area (Å²) in [6, 6.07) is 9.75. The van der Waals surface area contributed by atoms with E-state index in [0.717, 1.165) is 0 Å². The number of hydrogen-bond donors (Lipinski definition) is 1. The molecule has 0 spiro atoms. The number of carbonyl (C=O) groups excluding carboxylic acids is 3. The minimum absolute atomic E-state index is 0.0200. The van der Waals surface area contributed by atoms with Gasteiger partial charge in [0.25, 0.3) is 11.8 Å². The van der Waals surface area contributed by atoms with Gasteiger partial charge in [0.1, 0.15) is 18.2 Å². The number of fused-ring (bicyclic) bond motifs is 1. The van der Waals surface area contributed by atoms with Gasteiger partial charge in [0.15, 0.2) is 0 Å². The first-order valence-corrected chi connectivity index (χ1v) is 12.6. The number of anilines is 1. The highest BCUT2D eigenvalue weighted by atomic mass is 19.1. The molecule has 1 N–H and O–H groups in total. The maximum atomic E-state index is 13.5. The van der Waals surface area contributed by atoms with Crippen molar-refractivity contribution in [3.8, 4) is 5.75 Å². The van der Waals surface area contributed by atoms with Gasteiger partial charge in [-0.3, -0.25) is 14.4 Å². The number of rotatable bonds is 5. The summed E-state index contributed by atoms with van der Waals surface area (Å²) in [6.45, 7) is 5.11. The highest BCUT2D eigenvalue weighted by Crippen LogP contribution is 2.27. The largest absolute Gasteiger partial charge is 0.491 e. The molecule has 0 bridgehead atoms. The van der Waals surface area contributed by atoms with Crippen molar-refractivity contribution in [3.63, 3.8) is 0 Å². The normalized spacial score (nSPS) is 20.7. The van der Waals surface area contributed by atoms with E-state index in [4.69, 9.17) is 9.47 Å². The number of methoxy groups -OCH3 is 1. The third-order valence-corrected chi connectivity index (χ3v) is 6.58. The zero-order valence-corrected chi connectivity index (χ0v) is 22.9. The monoisotopic (exact) mass is 528 g/mol. The SMILES string of the molecule is CO[C@@H]1CN(C)C(=O)c2cc(NC(=O)c3ccc(F)cc3)ccc2OC[C@H](C)N(C(=O)CN(C)C)C[C@@H]1C. The molecule has 0 unspecified atom stereocenters. The van der Waals surface area contributed by atoms with E-state index < -0.39 is 11.7 Å². The Morgan fingerprint density at radius 3 is 2.45 bits per heavy atom. The molecule has 1 aliphatic rings. The fraction of sp³-hybridized carbons (Fsp3) is 0.464. The van der Waals surface area contributed by atoms with Crippen LogP contribution in [-0.4, -0.2) is 99.1 Å². The highest BCUT2D eigenvalue weighted by molar-refractivity contribution is 6.05. The van der Waals surface area contributed by atoms with E-state index in [0.29, 0.717) is 24.5 Å². The van der Waals surface area contributed by atoms with Crippen molar-refractivity contribution in [1.29, 1.82) is 0 Å². The number of amides is 3. The molecule has 3 amide bonds. The second-order valence-electron chi connectivity index (χ2n) is 10.1. The quantitative estimate of drug-likeness (QED) is 0.642. The van der Waals surface area contributed by atoms with Gasteiger partial charge in [-0.05, 0) is 63.5 Å². The summed E-state index contributed by atoms with van der Waals surface area (Å²) < 4.78 is 25.1. The Morgan fingerprint density at radius 2 is 1.82 bits per heavy atom. The molecule has 3 atom stereocenters. The van der Waals surface area contributed by atoms with E-state index in [-0.39, 0.29) is 54.2 Å². The third kappa shape index (κ3) is 7.29. The smallest absolute Gasteiger partial charge is 0.257 e. The summed E-state index contributed by atoms with van der Waals surface area (Å²) in [7, 11) is 6.97. The Bertz CT molecular complexity index is 1140. The predicted octanol–water partition coefficient (Wildman–Crippen LogP) is 2.97. The van der Waals surface area contributed by atoms with Gasteiger partial charge < -0.3 is 29.5 Å². The van der Waals surface area contributed by atoms with Gasteiger partial charge in [-0.15, -0.1) is 0 Å². The van der Waals surface area contributed by atoms with Gasteiger partial charge in [-0.2, -0.15) is 0 Å². The number of benzene rings is 2. The Hall–Kier alpha value is -3.50. The average Bonchev–Trinajstić information content (AvgIpc) is 2.87. The molecule has 2 aromatic carbocycles. The molecule has 0 aliphatic carbocycles. The van der Waals surface area contributed by atoms with Crippen LogP contribution in [0.2, 0.25) is 0 Å². The van der Waals surface area contributed by atoms with Crippen molar-refractivity contribution >= 4 is 23.4 Å². The third-order valence-electron chi connectivity index (χ3n) is 6.58. The van der Waals surface area contributed by atoms with Gasteiger partial charge in [0.2, 0.25) is 5.91 Å². The molecular weight excluding hydrogens is 491 g/mol. The van der Waals surface area contributed by atoms with Crippen molar-refractivity contribution in [2.45, 2.75) is 26.0 Å². The number of ether oxygens (including phenoxy) is 2. The number of nitrogens with zero attached hydrogens (tertiary/aromatic N) is 3. The Morgan fingerprint density at radius 1 is 1.13 bits per heavy atom. The fourth-order valence-corrected chi connectivity index (χ4v) is 4.37. The van der Waals surface area contributed by atoms with Gasteiger partial charge in [0, 0.05) is 44.4 Å². The Balaban J connectivity index is 1.93. The van der Waals surface area contributed by atoms with E-state index in [1.807, 2.05) is 32.8 Å². The predicted molar refractivity (Wildman–Crippen MR) is 143 cm³/mol. The first kappa shape index (κ1) is 29.1. The van der Waals surface area contributed by atoms with Crippen LogP contribution in [0.25, 0.3) is 0 Å². The van der Waals surface area contributed by atoms with E-state index in [2.05, 4.69) is 5.32 Å². The van der Waals surface area contributed by atoms with E-state index in [9.17, 15) is 18.8 Å². The molecule has 0 radical (unpaired) electrons. The molecule has 0 saturated carbocycles. The lowest BCUT2D eigenvalue weighted by molar-refractivity contribution is -0.136. The van der Waals surface area contributed by atoms with Crippen LogP contribution in [0.1, 0.15) is 34.6 Å². The molecule has 1 heterocycles. The van der Waals surface area contributed by atoms with E-state index in [1.54, 1.807) is 42.2 Å². The standard InChI is InChI=1S/C28H37FN4O5/c1-18-14-33(26(34)16-31(3)4)19(2)17-38-24-12-11-22(30-27(35)20-7-9-21(29)10-8-20)13-23(24)28(36)32(5)15-25(18)37-6/h7-13,18-19,25H,14-17H2,1-6H3,(H,30,35)/t18-,19-,25+/m0/s1. The first-order valence-electron chi connectivity index (χ1n) is 12.6. The molecule has 2 aromatic rings. The summed E-state index contributed by atoms with van der Waals surface area (Å²) in [5.41, 5.74) is 0.945. The lowest BCUT2D eigenvalue weighted by atomic mass is 10.0. The van der Waals surface area contributed by atoms with Crippen LogP contribution in [0.3, 0.4) is 0 Å². The van der Waals surface area contributed by atoms with Crippen LogP contribution in [-0.2, 0) is 9.53 Å². The fourth-order valence-electron chi connectivity index (χ4n) is 4.37. The first-order chi connectivity index (χ1) is 18.0. The van der Waals surface area contributed by atoms with Gasteiger partial charge in [-0.1, -0.05) is 6.92 Å². The van der Waals surface area contributed by atoms with Crippen molar-refractivity contribution in [3.05, 3.63) is 59.4 Å². The maximum Gasteiger partial charge on any atom is 0.257 e. The lowest BCUT2D eigenvalue weighted by Gasteiger charge is -2.36. The van der Waals surface area contributed by atoms with Crippen LogP contribution in [0.15, 0.2) is 42.5 Å². The number of halogens is 1. The molecule has 0 fully saturated rings.